The van der Waals surface area contributed by atoms with E-state index in [1.807, 2.05) is 0 Å². The van der Waals surface area contributed by atoms with E-state index in [2.05, 4.69) is 57.3 Å². The van der Waals surface area contributed by atoms with Crippen molar-refractivity contribution < 1.29 is 0 Å². The number of fused-ring (bicyclic) bond motifs is 1. The maximum atomic E-state index is 3.62. The average molecular weight is 203 g/mol. The van der Waals surface area contributed by atoms with E-state index < -0.39 is 0 Å². The first-order chi connectivity index (χ1) is 6.99. The molecule has 0 unspecified atom stereocenters. The summed E-state index contributed by atoms with van der Waals surface area (Å²) in [6.45, 7) is 9.22. The molecular formula is C14H21N. The first-order valence-corrected chi connectivity index (χ1v) is 5.87. The lowest BCUT2D eigenvalue weighted by atomic mass is 9.75. The molecule has 0 spiro atoms. The second-order valence-electron chi connectivity index (χ2n) is 5.65. The van der Waals surface area contributed by atoms with Crippen molar-refractivity contribution in [2.75, 3.05) is 5.32 Å². The third-order valence-corrected chi connectivity index (χ3v) is 3.37. The Balaban J connectivity index is 2.43. The fourth-order valence-electron chi connectivity index (χ4n) is 2.60. The number of hydrogen-bond donors (Lipinski definition) is 1. The van der Waals surface area contributed by atoms with Crippen LogP contribution >= 0.6 is 0 Å². The van der Waals surface area contributed by atoms with Crippen molar-refractivity contribution in [3.63, 3.8) is 0 Å². The van der Waals surface area contributed by atoms with Crippen LogP contribution in [0.2, 0.25) is 0 Å². The molecule has 1 aliphatic heterocycles. The van der Waals surface area contributed by atoms with E-state index in [4.69, 9.17) is 0 Å². The molecule has 1 heterocycles. The van der Waals surface area contributed by atoms with Crippen LogP contribution in [0.5, 0.6) is 0 Å². The van der Waals surface area contributed by atoms with E-state index in [-0.39, 0.29) is 5.54 Å². The lowest BCUT2D eigenvalue weighted by Crippen LogP contribution is -2.38. The van der Waals surface area contributed by atoms with Crippen molar-refractivity contribution in [1.29, 1.82) is 0 Å². The van der Waals surface area contributed by atoms with Gasteiger partial charge in [0.05, 0.1) is 0 Å². The van der Waals surface area contributed by atoms with Crippen molar-refractivity contribution in [3.05, 3.63) is 29.8 Å². The smallest absolute Gasteiger partial charge is 0.0379 e. The Morgan fingerprint density at radius 3 is 2.60 bits per heavy atom. The SMILES string of the molecule is CC(C)[C@@H]1CC(C)(C)Nc2ccccc21. The van der Waals surface area contributed by atoms with E-state index >= 15 is 0 Å². The molecule has 1 N–H and O–H groups in total. The Kier molecular flexibility index (Phi) is 2.49. The molecule has 0 fully saturated rings. The molecule has 0 aliphatic carbocycles. The highest BCUT2D eigenvalue weighted by atomic mass is 15.0. The lowest BCUT2D eigenvalue weighted by Gasteiger charge is -2.40. The van der Waals surface area contributed by atoms with Gasteiger partial charge in [0.25, 0.3) is 0 Å². The van der Waals surface area contributed by atoms with Gasteiger partial charge in [0.1, 0.15) is 0 Å². The van der Waals surface area contributed by atoms with Crippen molar-refractivity contribution in [1.82, 2.24) is 0 Å². The van der Waals surface area contributed by atoms with Gasteiger partial charge in [-0.15, -0.1) is 0 Å². The topological polar surface area (TPSA) is 12.0 Å². The van der Waals surface area contributed by atoms with Crippen molar-refractivity contribution >= 4 is 5.69 Å². The minimum atomic E-state index is 0.225. The number of benzene rings is 1. The normalized spacial score (nSPS) is 23.4. The molecule has 1 aromatic carbocycles. The summed E-state index contributed by atoms with van der Waals surface area (Å²) >= 11 is 0. The summed E-state index contributed by atoms with van der Waals surface area (Å²) in [6, 6.07) is 8.73. The monoisotopic (exact) mass is 203 g/mol. The van der Waals surface area contributed by atoms with Crippen LogP contribution < -0.4 is 5.32 Å². The van der Waals surface area contributed by atoms with Crippen LogP contribution in [-0.4, -0.2) is 5.54 Å². The van der Waals surface area contributed by atoms with Crippen LogP contribution in [0.15, 0.2) is 24.3 Å². The largest absolute Gasteiger partial charge is 0.380 e. The Labute approximate surface area is 92.9 Å². The van der Waals surface area contributed by atoms with Gasteiger partial charge in [-0.1, -0.05) is 32.0 Å². The third kappa shape index (κ3) is 2.01. The molecule has 82 valence electrons. The van der Waals surface area contributed by atoms with E-state index in [1.165, 1.54) is 17.7 Å². The third-order valence-electron chi connectivity index (χ3n) is 3.37. The summed E-state index contributed by atoms with van der Waals surface area (Å²) in [5.41, 5.74) is 3.04. The van der Waals surface area contributed by atoms with Gasteiger partial charge < -0.3 is 5.32 Å². The minimum Gasteiger partial charge on any atom is -0.380 e. The zero-order valence-corrected chi connectivity index (χ0v) is 10.2. The number of hydrogen-bond acceptors (Lipinski definition) is 1. The molecule has 0 radical (unpaired) electrons. The molecule has 0 aromatic heterocycles. The second kappa shape index (κ2) is 3.55. The van der Waals surface area contributed by atoms with Crippen LogP contribution in [0.3, 0.4) is 0 Å². The average Bonchev–Trinajstić information content (AvgIpc) is 2.14. The fourth-order valence-corrected chi connectivity index (χ4v) is 2.60. The van der Waals surface area contributed by atoms with Crippen LogP contribution in [0.4, 0.5) is 5.69 Å². The minimum absolute atomic E-state index is 0.225. The summed E-state index contributed by atoms with van der Waals surface area (Å²) in [4.78, 5) is 0. The summed E-state index contributed by atoms with van der Waals surface area (Å²) < 4.78 is 0. The quantitative estimate of drug-likeness (QED) is 0.727. The Bertz CT molecular complexity index is 352. The van der Waals surface area contributed by atoms with Gasteiger partial charge in [-0.3, -0.25) is 0 Å². The first kappa shape index (κ1) is 10.5. The molecule has 1 aliphatic rings. The van der Waals surface area contributed by atoms with Gasteiger partial charge in [0, 0.05) is 11.2 Å². The molecule has 0 saturated heterocycles. The number of rotatable bonds is 1. The highest BCUT2D eigenvalue weighted by molar-refractivity contribution is 5.57. The molecule has 1 heteroatoms. The van der Waals surface area contributed by atoms with E-state index in [1.54, 1.807) is 0 Å². The highest BCUT2D eigenvalue weighted by Gasteiger charge is 2.32. The van der Waals surface area contributed by atoms with Crippen molar-refractivity contribution in [2.45, 2.75) is 45.6 Å². The Morgan fingerprint density at radius 2 is 1.93 bits per heavy atom. The summed E-state index contributed by atoms with van der Waals surface area (Å²) in [7, 11) is 0. The van der Waals surface area contributed by atoms with Gasteiger partial charge in [0.15, 0.2) is 0 Å². The summed E-state index contributed by atoms with van der Waals surface area (Å²) in [6.07, 6.45) is 1.22. The van der Waals surface area contributed by atoms with Gasteiger partial charge in [0.2, 0.25) is 0 Å². The number of para-hydroxylation sites is 1. The van der Waals surface area contributed by atoms with Crippen LogP contribution in [-0.2, 0) is 0 Å². The zero-order valence-electron chi connectivity index (χ0n) is 10.2. The zero-order chi connectivity index (χ0) is 11.1. The van der Waals surface area contributed by atoms with Gasteiger partial charge >= 0.3 is 0 Å². The number of nitrogens with one attached hydrogen (secondary N) is 1. The molecule has 0 saturated carbocycles. The van der Waals surface area contributed by atoms with Crippen LogP contribution in [0, 0.1) is 5.92 Å². The van der Waals surface area contributed by atoms with Crippen LogP contribution in [0.25, 0.3) is 0 Å². The maximum Gasteiger partial charge on any atom is 0.0379 e. The molecule has 1 aromatic rings. The molecule has 0 amide bonds. The van der Waals surface area contributed by atoms with E-state index in [0.717, 1.165) is 0 Å². The van der Waals surface area contributed by atoms with Crippen molar-refractivity contribution in [3.8, 4) is 0 Å². The maximum absolute atomic E-state index is 3.62. The molecule has 0 bridgehead atoms. The predicted octanol–water partition coefficient (Wildman–Crippen LogP) is 4.02. The molecule has 1 atom stereocenters. The van der Waals surface area contributed by atoms with Gasteiger partial charge in [-0.2, -0.15) is 0 Å². The standard InChI is InChI=1S/C14H21N/c1-10(2)12-9-14(3,4)15-13-8-6-5-7-11(12)13/h5-8,10,12,15H,9H2,1-4H3/t12-/m0/s1. The van der Waals surface area contributed by atoms with E-state index in [0.29, 0.717) is 11.8 Å². The van der Waals surface area contributed by atoms with Crippen molar-refractivity contribution in [2.24, 2.45) is 5.92 Å². The molecule has 2 rings (SSSR count). The Morgan fingerprint density at radius 1 is 1.27 bits per heavy atom. The van der Waals surface area contributed by atoms with E-state index in [9.17, 15) is 0 Å². The second-order valence-corrected chi connectivity index (χ2v) is 5.65. The lowest BCUT2D eigenvalue weighted by molar-refractivity contribution is 0.369. The van der Waals surface area contributed by atoms with Crippen LogP contribution in [0.1, 0.15) is 45.6 Å². The Hall–Kier alpha value is -0.980. The summed E-state index contributed by atoms with van der Waals surface area (Å²) in [5, 5.41) is 3.62. The highest BCUT2D eigenvalue weighted by Crippen LogP contribution is 2.42. The van der Waals surface area contributed by atoms with Gasteiger partial charge in [-0.05, 0) is 43.7 Å². The predicted molar refractivity (Wildman–Crippen MR) is 66.3 cm³/mol. The molecule has 1 nitrogen and oxygen atoms in total. The number of anilines is 1. The fraction of sp³-hybridized carbons (Fsp3) is 0.571. The first-order valence-electron chi connectivity index (χ1n) is 5.87. The molecular weight excluding hydrogens is 182 g/mol. The summed E-state index contributed by atoms with van der Waals surface area (Å²) in [5.74, 6) is 1.41. The molecule has 15 heavy (non-hydrogen) atoms. The van der Waals surface area contributed by atoms with Gasteiger partial charge in [-0.25, -0.2) is 0 Å².